The van der Waals surface area contributed by atoms with E-state index in [-0.39, 0.29) is 80.4 Å². The normalized spacial score (nSPS) is 27.3. The van der Waals surface area contributed by atoms with Crippen LogP contribution in [-0.2, 0) is 6.42 Å². The van der Waals surface area contributed by atoms with Gasteiger partial charge in [0.2, 0.25) is 0 Å². The van der Waals surface area contributed by atoms with Crippen molar-refractivity contribution in [3.8, 4) is 29.0 Å². The van der Waals surface area contributed by atoms with Crippen LogP contribution in [0.15, 0.2) is 17.8 Å². The van der Waals surface area contributed by atoms with E-state index >= 15 is 8.78 Å². The lowest BCUT2D eigenvalue weighted by molar-refractivity contribution is 0.107. The molecule has 1 spiro atoms. The lowest BCUT2D eigenvalue weighted by atomic mass is 9.68. The molecular formula is C35H34ClF3N6O2. The first-order valence-electron chi connectivity index (χ1n) is 16.6. The minimum Gasteiger partial charge on any atom is -0.489 e. The van der Waals surface area contributed by atoms with E-state index in [2.05, 4.69) is 20.9 Å². The molecule has 2 N–H and O–H groups in total. The summed E-state index contributed by atoms with van der Waals surface area (Å²) in [6, 6.07) is 4.75. The molecule has 4 aliphatic heterocycles. The maximum atomic E-state index is 17.3. The first kappa shape index (κ1) is 29.4. The van der Waals surface area contributed by atoms with Crippen LogP contribution in [0.4, 0.5) is 19.0 Å². The van der Waals surface area contributed by atoms with Crippen molar-refractivity contribution in [2.75, 3.05) is 31.2 Å². The number of ether oxygens (including phenoxy) is 2. The predicted molar refractivity (Wildman–Crippen MR) is 171 cm³/mol. The molecule has 2 aliphatic carbocycles. The molecule has 1 saturated carbocycles. The minimum absolute atomic E-state index is 0.00743. The monoisotopic (exact) mass is 662 g/mol. The Morgan fingerprint density at radius 3 is 2.74 bits per heavy atom. The molecule has 0 bridgehead atoms. The zero-order valence-electron chi connectivity index (χ0n) is 25.9. The van der Waals surface area contributed by atoms with Gasteiger partial charge < -0.3 is 20.1 Å². The van der Waals surface area contributed by atoms with Crippen LogP contribution >= 0.6 is 11.6 Å². The van der Waals surface area contributed by atoms with Crippen molar-refractivity contribution in [2.45, 2.75) is 87.5 Å². The molecule has 1 aromatic heterocycles. The average molecular weight is 663 g/mol. The van der Waals surface area contributed by atoms with Gasteiger partial charge in [0.25, 0.3) is 0 Å². The van der Waals surface area contributed by atoms with Crippen molar-refractivity contribution in [3.05, 3.63) is 45.6 Å². The van der Waals surface area contributed by atoms with Crippen LogP contribution in [0.25, 0.3) is 27.6 Å². The van der Waals surface area contributed by atoms with Crippen LogP contribution in [0.1, 0.15) is 68.9 Å². The number of aromatic nitrogens is 2. The minimum atomic E-state index is -0.922. The van der Waals surface area contributed by atoms with Gasteiger partial charge in [-0.05, 0) is 69.5 Å². The Balaban J connectivity index is 1.27. The number of nitrogens with zero attached hydrogens (tertiary/aromatic N) is 5. The molecule has 47 heavy (non-hydrogen) atoms. The van der Waals surface area contributed by atoms with Crippen molar-refractivity contribution in [2.24, 2.45) is 5.73 Å². The molecule has 3 aromatic rings. The number of piperidine rings is 1. The second-order valence-corrected chi connectivity index (χ2v) is 14.6. The highest BCUT2D eigenvalue weighted by atomic mass is 35.5. The molecule has 9 rings (SSSR count). The lowest BCUT2D eigenvalue weighted by Gasteiger charge is -2.56. The van der Waals surface area contributed by atoms with Gasteiger partial charge in [-0.3, -0.25) is 4.90 Å². The highest BCUT2D eigenvalue weighted by Gasteiger charge is 2.52. The molecule has 0 amide bonds. The number of alkyl halides is 1. The molecule has 5 heterocycles. The largest absolute Gasteiger partial charge is 0.489 e. The maximum Gasteiger partial charge on any atom is 0.319 e. The maximum absolute atomic E-state index is 17.3. The zero-order valence-corrected chi connectivity index (χ0v) is 26.6. The summed E-state index contributed by atoms with van der Waals surface area (Å²) in [5, 5.41) is 10.4. The number of nitriles is 1. The van der Waals surface area contributed by atoms with Crippen molar-refractivity contribution < 1.29 is 22.6 Å². The molecular weight excluding hydrogens is 629 g/mol. The number of benzene rings is 2. The first-order valence-corrected chi connectivity index (χ1v) is 17.0. The molecule has 12 heteroatoms. The van der Waals surface area contributed by atoms with Gasteiger partial charge in [-0.2, -0.15) is 15.2 Å². The summed E-state index contributed by atoms with van der Waals surface area (Å²) >= 11 is 7.12. The molecule has 3 saturated heterocycles. The Hall–Kier alpha value is -3.75. The first-order chi connectivity index (χ1) is 22.7. The van der Waals surface area contributed by atoms with Crippen molar-refractivity contribution >= 4 is 33.9 Å². The van der Waals surface area contributed by atoms with Crippen LogP contribution in [0.2, 0.25) is 5.02 Å². The van der Waals surface area contributed by atoms with Crippen molar-refractivity contribution in [1.82, 2.24) is 14.9 Å². The Morgan fingerprint density at radius 2 is 1.96 bits per heavy atom. The van der Waals surface area contributed by atoms with E-state index < -0.39 is 23.3 Å². The smallest absolute Gasteiger partial charge is 0.319 e. The SMILES string of the molecule is N#CC1=C(N)Cc2c(F)ccc(-c3c(Cl)c4c5c(nc(OC[C@@]67CCCN6C[C@H](F)C7)nc5c3F)N3[C@@H](CCCC35CCC5)CO4)c21. The van der Waals surface area contributed by atoms with Crippen molar-refractivity contribution in [3.63, 3.8) is 0 Å². The van der Waals surface area contributed by atoms with Gasteiger partial charge in [-0.1, -0.05) is 17.7 Å². The molecule has 0 radical (unpaired) electrons. The fourth-order valence-corrected chi connectivity index (χ4v) is 9.80. The second kappa shape index (κ2) is 10.4. The molecule has 2 aromatic carbocycles. The number of hydrogen-bond acceptors (Lipinski definition) is 8. The average Bonchev–Trinajstić information content (AvgIpc) is 3.64. The summed E-state index contributed by atoms with van der Waals surface area (Å²) in [7, 11) is 0. The van der Waals surface area contributed by atoms with Crippen LogP contribution in [-0.4, -0.2) is 64.5 Å². The van der Waals surface area contributed by atoms with Gasteiger partial charge in [0.05, 0.1) is 27.6 Å². The summed E-state index contributed by atoms with van der Waals surface area (Å²) < 4.78 is 59.7. The summed E-state index contributed by atoms with van der Waals surface area (Å²) in [6.45, 7) is 1.71. The molecule has 0 unspecified atom stereocenters. The van der Waals surface area contributed by atoms with Gasteiger partial charge in [-0.15, -0.1) is 0 Å². The number of hydrogen-bond donors (Lipinski definition) is 1. The van der Waals surface area contributed by atoms with Gasteiger partial charge in [0, 0.05) is 47.3 Å². The Bertz CT molecular complexity index is 1940. The van der Waals surface area contributed by atoms with Crippen molar-refractivity contribution in [1.29, 1.82) is 5.26 Å². The number of anilines is 1. The standard InChI is InChI=1S/C35H34ClF3N6O2/c36-28-26(20-5-6-23(38)21-12-24(41)22(14-40)25(20)21)29(39)30-27-31(28)46-16-19-4-1-7-34(8-2-9-34)45(19)32(27)43-33(42-30)47-17-35-10-3-11-44(35)15-18(37)13-35/h5-6,18-19H,1-4,7-13,15-17,41H2/t18-,19+,35+/m1/s1. The second-order valence-electron chi connectivity index (χ2n) is 14.2. The molecule has 244 valence electrons. The van der Waals surface area contributed by atoms with Gasteiger partial charge in [0.15, 0.2) is 11.6 Å². The van der Waals surface area contributed by atoms with E-state index in [4.69, 9.17) is 31.8 Å². The Morgan fingerprint density at radius 1 is 1.13 bits per heavy atom. The van der Waals surface area contributed by atoms with Gasteiger partial charge in [-0.25, -0.2) is 13.2 Å². The Kier molecular flexibility index (Phi) is 6.49. The summed E-state index contributed by atoms with van der Waals surface area (Å²) in [4.78, 5) is 14.1. The van der Waals surface area contributed by atoms with Gasteiger partial charge >= 0.3 is 6.01 Å². The molecule has 3 atom stereocenters. The third-order valence-electron chi connectivity index (χ3n) is 11.7. The molecule has 8 nitrogen and oxygen atoms in total. The highest BCUT2D eigenvalue weighted by molar-refractivity contribution is 6.37. The van der Waals surface area contributed by atoms with E-state index in [1.165, 1.54) is 12.1 Å². The molecule has 6 aliphatic rings. The van der Waals surface area contributed by atoms with E-state index in [1.54, 1.807) is 0 Å². The van der Waals surface area contributed by atoms with E-state index in [0.717, 1.165) is 57.9 Å². The van der Waals surface area contributed by atoms with E-state index in [9.17, 15) is 9.65 Å². The van der Waals surface area contributed by atoms with Crippen LogP contribution < -0.4 is 20.1 Å². The fourth-order valence-electron chi connectivity index (χ4n) is 9.46. The summed E-state index contributed by atoms with van der Waals surface area (Å²) in [5.74, 6) is -0.483. The third-order valence-corrected chi connectivity index (χ3v) is 12.1. The van der Waals surface area contributed by atoms with Gasteiger partial charge in [0.1, 0.15) is 42.6 Å². The fraction of sp³-hybridized carbons (Fsp3) is 0.514. The number of nitrogens with two attached hydrogens (primary N) is 1. The van der Waals surface area contributed by atoms with E-state index in [0.29, 0.717) is 30.8 Å². The number of halogens is 4. The topological polar surface area (TPSA) is 101 Å². The number of fused-ring (bicyclic) bond motifs is 5. The van der Waals surface area contributed by atoms with Crippen LogP contribution in [0.3, 0.4) is 0 Å². The third kappa shape index (κ3) is 4.10. The van der Waals surface area contributed by atoms with Crippen LogP contribution in [0, 0.1) is 23.0 Å². The zero-order chi connectivity index (χ0) is 32.2. The molecule has 4 fully saturated rings. The summed E-state index contributed by atoms with van der Waals surface area (Å²) in [6.07, 6.45) is 7.27. The predicted octanol–water partition coefficient (Wildman–Crippen LogP) is 6.61. The van der Waals surface area contributed by atoms with E-state index in [1.807, 2.05) is 0 Å². The number of rotatable bonds is 4. The van der Waals surface area contributed by atoms with Crippen LogP contribution in [0.5, 0.6) is 11.8 Å². The highest BCUT2D eigenvalue weighted by Crippen LogP contribution is 2.55. The number of allylic oxidation sites excluding steroid dienone is 2. The lowest BCUT2D eigenvalue weighted by Crippen LogP contribution is -2.62. The Labute approximate surface area is 275 Å². The summed E-state index contributed by atoms with van der Waals surface area (Å²) in [5.41, 5.74) is 6.52. The quantitative estimate of drug-likeness (QED) is 0.333.